The summed E-state index contributed by atoms with van der Waals surface area (Å²) >= 11 is 6.14. The van der Waals surface area contributed by atoms with Crippen molar-refractivity contribution in [2.75, 3.05) is 5.32 Å². The van der Waals surface area contributed by atoms with Crippen LogP contribution in [0.4, 0.5) is 11.4 Å². The molecule has 0 bridgehead atoms. The quantitative estimate of drug-likeness (QED) is 0.771. The predicted octanol–water partition coefficient (Wildman–Crippen LogP) is 3.73. The van der Waals surface area contributed by atoms with E-state index < -0.39 is 5.97 Å². The molecule has 0 amide bonds. The van der Waals surface area contributed by atoms with Crippen LogP contribution < -0.4 is 5.32 Å². The van der Waals surface area contributed by atoms with Gasteiger partial charge in [0.05, 0.1) is 16.2 Å². The van der Waals surface area contributed by atoms with Crippen LogP contribution in [0.25, 0.3) is 10.9 Å². The van der Waals surface area contributed by atoms with Crippen molar-refractivity contribution >= 4 is 39.8 Å². The molecule has 0 aliphatic rings. The first-order chi connectivity index (χ1) is 10.1. The number of anilines is 2. The van der Waals surface area contributed by atoms with E-state index in [0.29, 0.717) is 10.7 Å². The summed E-state index contributed by atoms with van der Waals surface area (Å²) < 4.78 is 0. The second-order valence-electron chi connectivity index (χ2n) is 4.35. The van der Waals surface area contributed by atoms with Gasteiger partial charge in [-0.3, -0.25) is 4.98 Å². The van der Waals surface area contributed by atoms with Gasteiger partial charge in [-0.2, -0.15) is 0 Å². The lowest BCUT2D eigenvalue weighted by Crippen LogP contribution is -2.01. The molecular formula is C15H10ClN3O2. The summed E-state index contributed by atoms with van der Waals surface area (Å²) in [4.78, 5) is 19.0. The minimum atomic E-state index is -1.07. The molecule has 1 aromatic carbocycles. The number of hydrogen-bond acceptors (Lipinski definition) is 4. The van der Waals surface area contributed by atoms with Gasteiger partial charge in [-0.05, 0) is 36.4 Å². The van der Waals surface area contributed by atoms with Gasteiger partial charge in [0.15, 0.2) is 0 Å². The van der Waals surface area contributed by atoms with Gasteiger partial charge in [0.2, 0.25) is 0 Å². The predicted molar refractivity (Wildman–Crippen MR) is 81.2 cm³/mol. The highest BCUT2D eigenvalue weighted by molar-refractivity contribution is 6.35. The van der Waals surface area contributed by atoms with E-state index >= 15 is 0 Å². The SMILES string of the molecule is O=C(O)c1cc(Nc2ccc(Cl)c3cccnc23)ccn1. The molecule has 2 heterocycles. The molecule has 2 N–H and O–H groups in total. The van der Waals surface area contributed by atoms with Crippen molar-refractivity contribution in [3.05, 3.63) is 59.5 Å². The zero-order valence-electron chi connectivity index (χ0n) is 10.7. The first kappa shape index (κ1) is 13.3. The van der Waals surface area contributed by atoms with E-state index in [-0.39, 0.29) is 5.69 Å². The van der Waals surface area contributed by atoms with E-state index in [1.807, 2.05) is 12.1 Å². The second kappa shape index (κ2) is 5.38. The third-order valence-electron chi connectivity index (χ3n) is 2.97. The molecule has 104 valence electrons. The van der Waals surface area contributed by atoms with Gasteiger partial charge >= 0.3 is 5.97 Å². The standard InChI is InChI=1S/C15H10ClN3O2/c16-11-3-4-12(14-10(11)2-1-6-18-14)19-9-5-7-17-13(8-9)15(20)21/h1-8H,(H,17,19)(H,20,21). The highest BCUT2D eigenvalue weighted by Crippen LogP contribution is 2.29. The van der Waals surface area contributed by atoms with Crippen LogP contribution in [0, 0.1) is 0 Å². The number of pyridine rings is 2. The lowest BCUT2D eigenvalue weighted by atomic mass is 10.2. The second-order valence-corrected chi connectivity index (χ2v) is 4.76. The molecule has 0 spiro atoms. The molecular weight excluding hydrogens is 290 g/mol. The van der Waals surface area contributed by atoms with Gasteiger partial charge in [0.25, 0.3) is 0 Å². The normalized spacial score (nSPS) is 10.5. The van der Waals surface area contributed by atoms with Gasteiger partial charge < -0.3 is 10.4 Å². The van der Waals surface area contributed by atoms with Crippen LogP contribution in [0.3, 0.4) is 0 Å². The molecule has 0 fully saturated rings. The molecule has 0 atom stereocenters. The molecule has 0 unspecified atom stereocenters. The van der Waals surface area contributed by atoms with Gasteiger partial charge in [-0.1, -0.05) is 11.6 Å². The number of nitrogens with zero attached hydrogens (tertiary/aromatic N) is 2. The number of aromatic carboxylic acids is 1. The van der Waals surface area contributed by atoms with Crippen molar-refractivity contribution in [3.63, 3.8) is 0 Å². The number of aromatic nitrogens is 2. The molecule has 6 heteroatoms. The monoisotopic (exact) mass is 299 g/mol. The molecule has 0 saturated heterocycles. The highest BCUT2D eigenvalue weighted by Gasteiger charge is 2.08. The van der Waals surface area contributed by atoms with E-state index in [1.54, 1.807) is 24.4 Å². The van der Waals surface area contributed by atoms with Crippen molar-refractivity contribution in [3.8, 4) is 0 Å². The Morgan fingerprint density at radius 2 is 2.00 bits per heavy atom. The summed E-state index contributed by atoms with van der Waals surface area (Å²) in [7, 11) is 0. The van der Waals surface area contributed by atoms with Gasteiger partial charge in [0, 0.05) is 23.5 Å². The number of rotatable bonds is 3. The van der Waals surface area contributed by atoms with Crippen molar-refractivity contribution in [2.24, 2.45) is 0 Å². The third kappa shape index (κ3) is 2.64. The molecule has 3 aromatic rings. The summed E-state index contributed by atoms with van der Waals surface area (Å²) in [5.74, 6) is -1.07. The number of hydrogen-bond donors (Lipinski definition) is 2. The fraction of sp³-hybridized carbons (Fsp3) is 0. The summed E-state index contributed by atoms with van der Waals surface area (Å²) in [5.41, 5.74) is 2.07. The summed E-state index contributed by atoms with van der Waals surface area (Å²) in [6, 6.07) is 10.4. The van der Waals surface area contributed by atoms with E-state index in [4.69, 9.17) is 16.7 Å². The Labute approximate surface area is 125 Å². The number of benzene rings is 1. The molecule has 0 aliphatic heterocycles. The summed E-state index contributed by atoms with van der Waals surface area (Å²) in [6.45, 7) is 0. The molecule has 0 aliphatic carbocycles. The lowest BCUT2D eigenvalue weighted by molar-refractivity contribution is 0.0690. The maximum absolute atomic E-state index is 10.9. The van der Waals surface area contributed by atoms with Crippen LogP contribution in [0.15, 0.2) is 48.8 Å². The van der Waals surface area contributed by atoms with Crippen molar-refractivity contribution in [1.82, 2.24) is 9.97 Å². The molecule has 0 radical (unpaired) electrons. The fourth-order valence-corrected chi connectivity index (χ4v) is 2.23. The molecule has 3 rings (SSSR count). The van der Waals surface area contributed by atoms with Gasteiger partial charge in [-0.15, -0.1) is 0 Å². The Balaban J connectivity index is 2.04. The topological polar surface area (TPSA) is 75.1 Å². The van der Waals surface area contributed by atoms with Crippen LogP contribution >= 0.6 is 11.6 Å². The van der Waals surface area contributed by atoms with E-state index in [9.17, 15) is 4.79 Å². The maximum atomic E-state index is 10.9. The minimum Gasteiger partial charge on any atom is -0.477 e. The number of nitrogens with one attached hydrogen (secondary N) is 1. The van der Waals surface area contributed by atoms with Gasteiger partial charge in [0.1, 0.15) is 5.69 Å². The van der Waals surface area contributed by atoms with Crippen LogP contribution in [0.5, 0.6) is 0 Å². The summed E-state index contributed by atoms with van der Waals surface area (Å²) in [5, 5.41) is 13.6. The van der Waals surface area contributed by atoms with Crippen molar-refractivity contribution in [1.29, 1.82) is 0 Å². The Bertz CT molecular complexity index is 836. The summed E-state index contributed by atoms with van der Waals surface area (Å²) in [6.07, 6.45) is 3.12. The van der Waals surface area contributed by atoms with E-state index in [0.717, 1.165) is 16.6 Å². The number of carbonyl (C=O) groups is 1. The Kier molecular flexibility index (Phi) is 3.41. The van der Waals surface area contributed by atoms with E-state index in [1.165, 1.54) is 12.3 Å². The third-order valence-corrected chi connectivity index (χ3v) is 3.30. The average molecular weight is 300 g/mol. The number of carboxylic acid groups (broad SMARTS) is 1. The molecule has 2 aromatic heterocycles. The first-order valence-corrected chi connectivity index (χ1v) is 6.52. The number of halogens is 1. The lowest BCUT2D eigenvalue weighted by Gasteiger charge is -2.10. The van der Waals surface area contributed by atoms with Crippen molar-refractivity contribution < 1.29 is 9.90 Å². The zero-order valence-corrected chi connectivity index (χ0v) is 11.5. The van der Waals surface area contributed by atoms with Gasteiger partial charge in [-0.25, -0.2) is 9.78 Å². The van der Waals surface area contributed by atoms with Crippen LogP contribution in [-0.4, -0.2) is 21.0 Å². The molecule has 5 nitrogen and oxygen atoms in total. The van der Waals surface area contributed by atoms with Crippen LogP contribution in [0.2, 0.25) is 5.02 Å². The Hall–Kier alpha value is -2.66. The maximum Gasteiger partial charge on any atom is 0.354 e. The number of carboxylic acids is 1. The zero-order chi connectivity index (χ0) is 14.8. The average Bonchev–Trinajstić information content (AvgIpc) is 2.51. The Morgan fingerprint density at radius 3 is 2.81 bits per heavy atom. The minimum absolute atomic E-state index is 0.0220. The van der Waals surface area contributed by atoms with Crippen molar-refractivity contribution in [2.45, 2.75) is 0 Å². The van der Waals surface area contributed by atoms with Crippen LogP contribution in [0.1, 0.15) is 10.5 Å². The van der Waals surface area contributed by atoms with E-state index in [2.05, 4.69) is 15.3 Å². The highest BCUT2D eigenvalue weighted by atomic mass is 35.5. The van der Waals surface area contributed by atoms with Crippen LogP contribution in [-0.2, 0) is 0 Å². The molecule has 0 saturated carbocycles. The Morgan fingerprint density at radius 1 is 1.14 bits per heavy atom. The fourth-order valence-electron chi connectivity index (χ4n) is 2.02. The number of fused-ring (bicyclic) bond motifs is 1. The molecule has 21 heavy (non-hydrogen) atoms. The largest absolute Gasteiger partial charge is 0.477 e. The first-order valence-electron chi connectivity index (χ1n) is 6.15. The smallest absolute Gasteiger partial charge is 0.354 e.